The Balaban J connectivity index is 1.92. The van der Waals surface area contributed by atoms with Crippen molar-refractivity contribution in [1.82, 2.24) is 5.32 Å². The molecular formula is C7H13NO2S. The van der Waals surface area contributed by atoms with Gasteiger partial charge in [-0.1, -0.05) is 0 Å². The van der Waals surface area contributed by atoms with E-state index in [-0.39, 0.29) is 12.5 Å². The smallest absolute Gasteiger partial charge is 0.230 e. The molecule has 0 radical (unpaired) electrons. The lowest BCUT2D eigenvalue weighted by atomic mass is 10.6. The Morgan fingerprint density at radius 2 is 2.36 bits per heavy atom. The summed E-state index contributed by atoms with van der Waals surface area (Å²) >= 11 is 1.47. The van der Waals surface area contributed by atoms with Crippen molar-refractivity contribution in [2.24, 2.45) is 0 Å². The van der Waals surface area contributed by atoms with Gasteiger partial charge < -0.3 is 10.4 Å². The normalized spacial score (nSPS) is 16.5. The average molecular weight is 175 g/mol. The quantitative estimate of drug-likeness (QED) is 0.578. The molecule has 0 atom stereocenters. The van der Waals surface area contributed by atoms with Crippen LogP contribution in [0, 0.1) is 0 Å². The van der Waals surface area contributed by atoms with Gasteiger partial charge in [0.25, 0.3) is 0 Å². The monoisotopic (exact) mass is 175 g/mol. The summed E-state index contributed by atoms with van der Waals surface area (Å²) in [5.41, 5.74) is 0. The van der Waals surface area contributed by atoms with Crippen LogP contribution in [0.5, 0.6) is 0 Å². The highest BCUT2D eigenvalue weighted by atomic mass is 32.2. The molecule has 0 aliphatic heterocycles. The molecule has 1 aliphatic rings. The number of rotatable bonds is 5. The van der Waals surface area contributed by atoms with Crippen LogP contribution in [0.3, 0.4) is 0 Å². The first-order valence-electron chi connectivity index (χ1n) is 3.81. The van der Waals surface area contributed by atoms with Crippen molar-refractivity contribution in [3.63, 3.8) is 0 Å². The van der Waals surface area contributed by atoms with Gasteiger partial charge in [0, 0.05) is 11.8 Å². The van der Waals surface area contributed by atoms with Gasteiger partial charge in [0.1, 0.15) is 0 Å². The van der Waals surface area contributed by atoms with Gasteiger partial charge in [-0.3, -0.25) is 4.79 Å². The van der Waals surface area contributed by atoms with E-state index in [4.69, 9.17) is 5.11 Å². The Kier molecular flexibility index (Phi) is 3.72. The third kappa shape index (κ3) is 4.27. The van der Waals surface area contributed by atoms with Crippen LogP contribution in [0.4, 0.5) is 0 Å². The molecule has 1 rings (SSSR count). The lowest BCUT2D eigenvalue weighted by molar-refractivity contribution is -0.118. The highest BCUT2D eigenvalue weighted by Gasteiger charge is 2.22. The maximum absolute atomic E-state index is 11.0. The predicted octanol–water partition coefficient (Wildman–Crippen LogP) is -0.00950. The van der Waals surface area contributed by atoms with Crippen LogP contribution in [0.25, 0.3) is 0 Å². The van der Waals surface area contributed by atoms with Crippen LogP contribution in [0.15, 0.2) is 0 Å². The summed E-state index contributed by atoms with van der Waals surface area (Å²) in [5, 5.41) is 11.3. The van der Waals surface area contributed by atoms with Gasteiger partial charge in [0.05, 0.1) is 12.4 Å². The number of aliphatic hydroxyl groups excluding tert-OH is 1. The Labute approximate surface area is 70.6 Å². The number of thioether (sulfide) groups is 1. The van der Waals surface area contributed by atoms with E-state index in [1.54, 1.807) is 0 Å². The van der Waals surface area contributed by atoms with E-state index >= 15 is 0 Å². The summed E-state index contributed by atoms with van der Waals surface area (Å²) in [6.45, 7) is 0.154. The predicted molar refractivity (Wildman–Crippen MR) is 45.6 cm³/mol. The molecule has 4 heteroatoms. The Bertz CT molecular complexity index is 136. The van der Waals surface area contributed by atoms with Crippen LogP contribution in [-0.4, -0.2) is 35.2 Å². The van der Waals surface area contributed by atoms with Crippen molar-refractivity contribution in [2.75, 3.05) is 18.1 Å². The van der Waals surface area contributed by atoms with E-state index in [2.05, 4.69) is 5.32 Å². The standard InChI is InChI=1S/C7H13NO2S/c9-3-4-11-5-7(10)8-6-1-2-6/h6,9H,1-5H2,(H,8,10). The van der Waals surface area contributed by atoms with Crippen LogP contribution < -0.4 is 5.32 Å². The number of hydrogen-bond acceptors (Lipinski definition) is 3. The zero-order valence-corrected chi connectivity index (χ0v) is 7.19. The molecule has 1 aliphatic carbocycles. The minimum atomic E-state index is 0.103. The van der Waals surface area contributed by atoms with Crippen molar-refractivity contribution in [3.05, 3.63) is 0 Å². The number of aliphatic hydroxyl groups is 1. The summed E-state index contributed by atoms with van der Waals surface area (Å²) in [6.07, 6.45) is 2.27. The maximum atomic E-state index is 11.0. The van der Waals surface area contributed by atoms with E-state index in [1.165, 1.54) is 11.8 Å². The first-order chi connectivity index (χ1) is 5.33. The van der Waals surface area contributed by atoms with Crippen LogP contribution in [0.1, 0.15) is 12.8 Å². The number of carbonyl (C=O) groups is 1. The second-order valence-electron chi connectivity index (χ2n) is 2.62. The molecule has 0 spiro atoms. The number of hydrogen-bond donors (Lipinski definition) is 2. The third-order valence-corrected chi connectivity index (χ3v) is 2.35. The minimum absolute atomic E-state index is 0.103. The Morgan fingerprint density at radius 1 is 1.64 bits per heavy atom. The van der Waals surface area contributed by atoms with Gasteiger partial charge in [0.15, 0.2) is 0 Å². The van der Waals surface area contributed by atoms with E-state index < -0.39 is 0 Å². The fraction of sp³-hybridized carbons (Fsp3) is 0.857. The molecule has 0 unspecified atom stereocenters. The zero-order valence-electron chi connectivity index (χ0n) is 6.38. The molecule has 11 heavy (non-hydrogen) atoms. The van der Waals surface area contributed by atoms with E-state index in [1.807, 2.05) is 0 Å². The molecule has 1 fully saturated rings. The number of carbonyl (C=O) groups excluding carboxylic acids is 1. The largest absolute Gasteiger partial charge is 0.396 e. The molecule has 64 valence electrons. The summed E-state index contributed by atoms with van der Waals surface area (Å²) in [7, 11) is 0. The maximum Gasteiger partial charge on any atom is 0.230 e. The van der Waals surface area contributed by atoms with Crippen LogP contribution in [-0.2, 0) is 4.79 Å². The molecule has 1 amide bonds. The van der Waals surface area contributed by atoms with Crippen molar-refractivity contribution in [3.8, 4) is 0 Å². The summed E-state index contributed by atoms with van der Waals surface area (Å²) < 4.78 is 0. The first-order valence-corrected chi connectivity index (χ1v) is 4.96. The van der Waals surface area contributed by atoms with Gasteiger partial charge >= 0.3 is 0 Å². The molecule has 2 N–H and O–H groups in total. The van der Waals surface area contributed by atoms with Crippen molar-refractivity contribution in [1.29, 1.82) is 0 Å². The fourth-order valence-electron chi connectivity index (χ4n) is 0.726. The molecule has 0 aromatic heterocycles. The van der Waals surface area contributed by atoms with Gasteiger partial charge in [0.2, 0.25) is 5.91 Å². The summed E-state index contributed by atoms with van der Waals surface area (Å²) in [6, 6.07) is 0.456. The van der Waals surface area contributed by atoms with Gasteiger partial charge in [-0.15, -0.1) is 11.8 Å². The topological polar surface area (TPSA) is 49.3 Å². The lowest BCUT2D eigenvalue weighted by Gasteiger charge is -2.00. The van der Waals surface area contributed by atoms with Crippen LogP contribution >= 0.6 is 11.8 Å². The SMILES string of the molecule is O=C(CSCCO)NC1CC1. The van der Waals surface area contributed by atoms with Gasteiger partial charge in [-0.2, -0.15) is 0 Å². The molecule has 0 aromatic carbocycles. The highest BCUT2D eigenvalue weighted by molar-refractivity contribution is 7.99. The summed E-state index contributed by atoms with van der Waals surface area (Å²) in [5.74, 6) is 1.24. The molecular weight excluding hydrogens is 162 g/mol. The van der Waals surface area contributed by atoms with E-state index in [9.17, 15) is 4.79 Å². The van der Waals surface area contributed by atoms with Gasteiger partial charge in [-0.25, -0.2) is 0 Å². The molecule has 1 saturated carbocycles. The van der Waals surface area contributed by atoms with Crippen molar-refractivity contribution < 1.29 is 9.90 Å². The third-order valence-electron chi connectivity index (χ3n) is 1.41. The Hall–Kier alpha value is -0.220. The van der Waals surface area contributed by atoms with Crippen molar-refractivity contribution >= 4 is 17.7 Å². The van der Waals surface area contributed by atoms with E-state index in [0.29, 0.717) is 17.5 Å². The summed E-state index contributed by atoms with van der Waals surface area (Å²) in [4.78, 5) is 11.0. The van der Waals surface area contributed by atoms with E-state index in [0.717, 1.165) is 12.8 Å². The van der Waals surface area contributed by atoms with Gasteiger partial charge in [-0.05, 0) is 12.8 Å². The number of amides is 1. The number of nitrogens with one attached hydrogen (secondary N) is 1. The van der Waals surface area contributed by atoms with Crippen molar-refractivity contribution in [2.45, 2.75) is 18.9 Å². The molecule has 0 saturated heterocycles. The molecule has 3 nitrogen and oxygen atoms in total. The zero-order chi connectivity index (χ0) is 8.10. The second-order valence-corrected chi connectivity index (χ2v) is 3.72. The highest BCUT2D eigenvalue weighted by Crippen LogP contribution is 2.18. The minimum Gasteiger partial charge on any atom is -0.396 e. The van der Waals surface area contributed by atoms with Crippen LogP contribution in [0.2, 0.25) is 0 Å². The average Bonchev–Trinajstić information content (AvgIpc) is 2.72. The lowest BCUT2D eigenvalue weighted by Crippen LogP contribution is -2.27. The molecule has 0 bridgehead atoms. The second kappa shape index (κ2) is 4.62. The first kappa shape index (κ1) is 8.87. The molecule has 0 aromatic rings. The fourth-order valence-corrected chi connectivity index (χ4v) is 1.27. The molecule has 0 heterocycles. The Morgan fingerprint density at radius 3 is 2.91 bits per heavy atom.